The predicted molar refractivity (Wildman–Crippen MR) is 93.0 cm³/mol. The van der Waals surface area contributed by atoms with Crippen molar-refractivity contribution in [2.24, 2.45) is 0 Å². The number of nitrogens with zero attached hydrogens (tertiary/aromatic N) is 2. The average molecular weight is 354 g/mol. The van der Waals surface area contributed by atoms with Crippen molar-refractivity contribution in [3.05, 3.63) is 65.7 Å². The van der Waals surface area contributed by atoms with Gasteiger partial charge in [-0.2, -0.15) is 0 Å². The van der Waals surface area contributed by atoms with Gasteiger partial charge in [0, 0.05) is 19.0 Å². The number of aryl methyl sites for hydroxylation is 1. The number of carbonyl (C=O) groups excluding carboxylic acids is 1. The van der Waals surface area contributed by atoms with Gasteiger partial charge < -0.3 is 13.7 Å². The van der Waals surface area contributed by atoms with E-state index in [2.05, 4.69) is 4.98 Å². The van der Waals surface area contributed by atoms with E-state index < -0.39 is 5.82 Å². The summed E-state index contributed by atoms with van der Waals surface area (Å²) in [5, 5.41) is 0. The molecule has 1 amide bonds. The van der Waals surface area contributed by atoms with Gasteiger partial charge in [0.2, 0.25) is 11.8 Å². The third-order valence-corrected chi connectivity index (χ3v) is 4.80. The lowest BCUT2D eigenvalue weighted by atomic mass is 10.1. The van der Waals surface area contributed by atoms with Crippen LogP contribution >= 0.6 is 0 Å². The molecule has 0 spiro atoms. The summed E-state index contributed by atoms with van der Waals surface area (Å²) in [7, 11) is 0. The average Bonchev–Trinajstić information content (AvgIpc) is 3.36. The van der Waals surface area contributed by atoms with E-state index in [1.165, 1.54) is 6.07 Å². The van der Waals surface area contributed by atoms with Crippen LogP contribution in [0.5, 0.6) is 0 Å². The first-order chi connectivity index (χ1) is 12.6. The van der Waals surface area contributed by atoms with Gasteiger partial charge in [-0.15, -0.1) is 0 Å². The Bertz CT molecular complexity index is 917. The normalized spacial score (nSPS) is 17.0. The molecular formula is C20H19FN2O3. The number of benzene rings is 1. The zero-order valence-electron chi connectivity index (χ0n) is 14.4. The molecule has 0 saturated carbocycles. The summed E-state index contributed by atoms with van der Waals surface area (Å²) in [6.45, 7) is 3.08. The number of likely N-dealkylation sites (tertiary alicyclic amines) is 1. The molecule has 1 unspecified atom stereocenters. The lowest BCUT2D eigenvalue weighted by Gasteiger charge is -2.15. The first-order valence-electron chi connectivity index (χ1n) is 8.64. The van der Waals surface area contributed by atoms with Crippen molar-refractivity contribution in [3.63, 3.8) is 0 Å². The van der Waals surface area contributed by atoms with Gasteiger partial charge in [0.1, 0.15) is 17.3 Å². The van der Waals surface area contributed by atoms with Crippen molar-refractivity contribution in [1.29, 1.82) is 0 Å². The molecule has 3 heterocycles. The fraction of sp³-hybridized carbons (Fsp3) is 0.300. The van der Waals surface area contributed by atoms with Gasteiger partial charge in [0.05, 0.1) is 23.9 Å². The van der Waals surface area contributed by atoms with Crippen molar-refractivity contribution in [2.75, 3.05) is 13.1 Å². The molecule has 0 aliphatic carbocycles. The highest BCUT2D eigenvalue weighted by atomic mass is 19.1. The van der Waals surface area contributed by atoms with Crippen LogP contribution in [0.25, 0.3) is 11.5 Å². The van der Waals surface area contributed by atoms with Crippen molar-refractivity contribution >= 4 is 5.91 Å². The maximum atomic E-state index is 13.9. The largest absolute Gasteiger partial charge is 0.469 e. The van der Waals surface area contributed by atoms with Crippen LogP contribution in [0.4, 0.5) is 4.39 Å². The van der Waals surface area contributed by atoms with Gasteiger partial charge in [-0.1, -0.05) is 12.1 Å². The summed E-state index contributed by atoms with van der Waals surface area (Å²) in [6, 6.07) is 10.1. The highest BCUT2D eigenvalue weighted by Crippen LogP contribution is 2.29. The second-order valence-electron chi connectivity index (χ2n) is 6.52. The number of amides is 1. The summed E-state index contributed by atoms with van der Waals surface area (Å²) < 4.78 is 25.0. The molecule has 1 aromatic carbocycles. The highest BCUT2D eigenvalue weighted by molar-refractivity contribution is 5.79. The molecule has 1 saturated heterocycles. The Hall–Kier alpha value is -2.89. The van der Waals surface area contributed by atoms with Crippen LogP contribution in [-0.2, 0) is 11.2 Å². The first-order valence-corrected chi connectivity index (χ1v) is 8.64. The van der Waals surface area contributed by atoms with E-state index in [0.717, 1.165) is 12.2 Å². The summed E-state index contributed by atoms with van der Waals surface area (Å²) in [5.41, 5.74) is 0.850. The molecule has 0 bridgehead atoms. The third-order valence-electron chi connectivity index (χ3n) is 4.80. The molecule has 0 N–H and O–H groups in total. The van der Waals surface area contributed by atoms with Crippen LogP contribution in [0.1, 0.15) is 29.6 Å². The highest BCUT2D eigenvalue weighted by Gasteiger charge is 2.29. The van der Waals surface area contributed by atoms with Crippen molar-refractivity contribution in [3.8, 4) is 11.5 Å². The Kier molecular flexibility index (Phi) is 4.32. The quantitative estimate of drug-likeness (QED) is 0.712. The van der Waals surface area contributed by atoms with E-state index in [1.807, 2.05) is 17.0 Å². The second kappa shape index (κ2) is 6.78. The van der Waals surface area contributed by atoms with Crippen LogP contribution in [0.15, 0.2) is 51.5 Å². The van der Waals surface area contributed by atoms with Gasteiger partial charge in [-0.3, -0.25) is 4.79 Å². The van der Waals surface area contributed by atoms with Crippen LogP contribution in [0.3, 0.4) is 0 Å². The molecule has 1 fully saturated rings. The Labute approximate surface area is 150 Å². The molecule has 26 heavy (non-hydrogen) atoms. The summed E-state index contributed by atoms with van der Waals surface area (Å²) >= 11 is 0. The number of hydrogen-bond acceptors (Lipinski definition) is 4. The number of aromatic nitrogens is 1. The van der Waals surface area contributed by atoms with E-state index in [-0.39, 0.29) is 24.1 Å². The fourth-order valence-corrected chi connectivity index (χ4v) is 3.34. The molecule has 1 atom stereocenters. The molecule has 1 aliphatic heterocycles. The summed E-state index contributed by atoms with van der Waals surface area (Å²) in [5.74, 6) is 1.50. The zero-order chi connectivity index (χ0) is 18.1. The van der Waals surface area contributed by atoms with Gasteiger partial charge in [0.25, 0.3) is 0 Å². The van der Waals surface area contributed by atoms with Crippen LogP contribution in [0, 0.1) is 12.7 Å². The lowest BCUT2D eigenvalue weighted by Crippen LogP contribution is -2.30. The molecule has 3 aromatic rings. The van der Waals surface area contributed by atoms with Crippen LogP contribution < -0.4 is 0 Å². The van der Waals surface area contributed by atoms with E-state index >= 15 is 0 Å². The minimum Gasteiger partial charge on any atom is -0.469 e. The molecule has 2 aromatic heterocycles. The fourth-order valence-electron chi connectivity index (χ4n) is 3.34. The first kappa shape index (κ1) is 16.6. The van der Waals surface area contributed by atoms with Crippen molar-refractivity contribution in [1.82, 2.24) is 9.88 Å². The maximum absolute atomic E-state index is 13.9. The molecule has 0 radical (unpaired) electrons. The lowest BCUT2D eigenvalue weighted by molar-refractivity contribution is -0.129. The Morgan fingerprint density at radius 1 is 1.31 bits per heavy atom. The number of furan rings is 1. The van der Waals surface area contributed by atoms with E-state index in [0.29, 0.717) is 30.1 Å². The molecule has 4 rings (SSSR count). The van der Waals surface area contributed by atoms with Crippen LogP contribution in [0.2, 0.25) is 0 Å². The predicted octanol–water partition coefficient (Wildman–Crippen LogP) is 3.94. The van der Waals surface area contributed by atoms with E-state index in [1.54, 1.807) is 31.4 Å². The number of hydrogen-bond donors (Lipinski definition) is 0. The Balaban J connectivity index is 1.46. The standard InChI is InChI=1S/C20H19FN2O3/c1-13-17(22-20(26-13)15-5-2-3-6-16(15)21)11-19(24)23-9-8-14(12-23)18-7-4-10-25-18/h2-7,10,14H,8-9,11-12H2,1H3. The number of oxazole rings is 1. The molecule has 1 aliphatic rings. The van der Waals surface area contributed by atoms with Gasteiger partial charge in [0.15, 0.2) is 0 Å². The van der Waals surface area contributed by atoms with E-state index in [4.69, 9.17) is 8.83 Å². The third kappa shape index (κ3) is 3.14. The van der Waals surface area contributed by atoms with Crippen molar-refractivity contribution in [2.45, 2.75) is 25.7 Å². The Morgan fingerprint density at radius 2 is 2.15 bits per heavy atom. The number of halogens is 1. The van der Waals surface area contributed by atoms with Crippen molar-refractivity contribution < 1.29 is 18.0 Å². The van der Waals surface area contributed by atoms with Gasteiger partial charge in [-0.05, 0) is 37.6 Å². The summed E-state index contributed by atoms with van der Waals surface area (Å²) in [6.07, 6.45) is 2.69. The maximum Gasteiger partial charge on any atom is 0.229 e. The van der Waals surface area contributed by atoms with Crippen LogP contribution in [-0.4, -0.2) is 28.9 Å². The van der Waals surface area contributed by atoms with Gasteiger partial charge in [-0.25, -0.2) is 9.37 Å². The number of rotatable bonds is 4. The molecule has 134 valence electrons. The molecular weight excluding hydrogens is 335 g/mol. The Morgan fingerprint density at radius 3 is 2.92 bits per heavy atom. The van der Waals surface area contributed by atoms with E-state index in [9.17, 15) is 9.18 Å². The second-order valence-corrected chi connectivity index (χ2v) is 6.52. The monoisotopic (exact) mass is 354 g/mol. The summed E-state index contributed by atoms with van der Waals surface area (Å²) in [4.78, 5) is 18.8. The minimum absolute atomic E-state index is 0.00413. The molecule has 5 nitrogen and oxygen atoms in total. The topological polar surface area (TPSA) is 59.5 Å². The number of carbonyl (C=O) groups is 1. The smallest absolute Gasteiger partial charge is 0.229 e. The van der Waals surface area contributed by atoms with Gasteiger partial charge >= 0.3 is 0 Å². The SMILES string of the molecule is Cc1oc(-c2ccccc2F)nc1CC(=O)N1CCC(c2ccco2)C1. The molecule has 6 heteroatoms. The minimum atomic E-state index is -0.396. The zero-order valence-corrected chi connectivity index (χ0v) is 14.4.